The predicted octanol–water partition coefficient (Wildman–Crippen LogP) is 3.68. The molecular weight excluding hydrogens is 456 g/mol. The number of carbonyl (C=O) groups is 2. The molecule has 8 nitrogen and oxygen atoms in total. The van der Waals surface area contributed by atoms with Crippen LogP contribution >= 0.6 is 11.3 Å². The second kappa shape index (κ2) is 11.9. The maximum absolute atomic E-state index is 12.9. The second-order valence-corrected chi connectivity index (χ2v) is 8.04. The van der Waals surface area contributed by atoms with E-state index < -0.39 is 17.9 Å². The van der Waals surface area contributed by atoms with E-state index in [2.05, 4.69) is 10.5 Å². The zero-order valence-electron chi connectivity index (χ0n) is 19.4. The van der Waals surface area contributed by atoms with Crippen LogP contribution in [0.4, 0.5) is 0 Å². The van der Waals surface area contributed by atoms with E-state index in [0.29, 0.717) is 16.4 Å². The zero-order valence-corrected chi connectivity index (χ0v) is 20.2. The summed E-state index contributed by atoms with van der Waals surface area (Å²) in [7, 11) is 5.85. The van der Waals surface area contributed by atoms with Gasteiger partial charge < -0.3 is 24.4 Å². The van der Waals surface area contributed by atoms with E-state index in [9.17, 15) is 9.59 Å². The Morgan fingerprint density at radius 3 is 2.15 bits per heavy atom. The van der Waals surface area contributed by atoms with Gasteiger partial charge in [0.2, 0.25) is 0 Å². The van der Waals surface area contributed by atoms with Crippen molar-refractivity contribution in [3.8, 4) is 22.6 Å². The standard InChI is InChI=1S/C25H26N2O6S/c1-30-19-7-5-8-20(31-2)22(19)17-12-10-16(11-13-17)15-18(25(29)32-3)26-24(28)23(27-33-4)21-9-6-14-34-21/h5-14,18H,15H2,1-4H3,(H,26,28)/t18-/m0/s1. The van der Waals surface area contributed by atoms with Crippen molar-refractivity contribution in [2.24, 2.45) is 5.16 Å². The first-order valence-corrected chi connectivity index (χ1v) is 11.2. The van der Waals surface area contributed by atoms with Crippen molar-refractivity contribution in [3.05, 3.63) is 70.4 Å². The molecule has 0 saturated carbocycles. The highest BCUT2D eigenvalue weighted by atomic mass is 32.1. The number of carbonyl (C=O) groups excluding carboxylic acids is 2. The fourth-order valence-electron chi connectivity index (χ4n) is 3.44. The molecule has 34 heavy (non-hydrogen) atoms. The summed E-state index contributed by atoms with van der Waals surface area (Å²) < 4.78 is 15.9. The molecule has 0 aliphatic heterocycles. The molecule has 0 fully saturated rings. The minimum absolute atomic E-state index is 0.0880. The van der Waals surface area contributed by atoms with E-state index in [1.807, 2.05) is 47.8 Å². The number of benzene rings is 2. The Labute approximate surface area is 202 Å². The highest BCUT2D eigenvalue weighted by molar-refractivity contribution is 7.13. The van der Waals surface area contributed by atoms with Crippen molar-refractivity contribution in [1.82, 2.24) is 5.32 Å². The minimum Gasteiger partial charge on any atom is -0.496 e. The number of amides is 1. The van der Waals surface area contributed by atoms with E-state index in [1.165, 1.54) is 25.6 Å². The van der Waals surface area contributed by atoms with Crippen LogP contribution in [0.1, 0.15) is 10.4 Å². The van der Waals surface area contributed by atoms with Gasteiger partial charge in [-0.05, 0) is 34.7 Å². The molecule has 3 aromatic rings. The SMILES string of the molecule is CON=C(C(=O)N[C@@H](Cc1ccc(-c2c(OC)cccc2OC)cc1)C(=O)OC)c1cccs1. The summed E-state index contributed by atoms with van der Waals surface area (Å²) in [6.07, 6.45) is 0.229. The van der Waals surface area contributed by atoms with Crippen molar-refractivity contribution < 1.29 is 28.6 Å². The molecule has 1 aromatic heterocycles. The third-order valence-corrected chi connectivity index (χ3v) is 5.93. The number of esters is 1. The number of ether oxygens (including phenoxy) is 3. The molecule has 0 spiro atoms. The van der Waals surface area contributed by atoms with Gasteiger partial charge in [-0.15, -0.1) is 11.3 Å². The van der Waals surface area contributed by atoms with E-state index in [-0.39, 0.29) is 12.1 Å². The summed E-state index contributed by atoms with van der Waals surface area (Å²) in [5.74, 6) is 0.275. The number of thiophene rings is 1. The lowest BCUT2D eigenvalue weighted by Gasteiger charge is -2.17. The van der Waals surface area contributed by atoms with E-state index in [1.54, 1.807) is 26.4 Å². The lowest BCUT2D eigenvalue weighted by atomic mass is 9.99. The monoisotopic (exact) mass is 482 g/mol. The number of methoxy groups -OCH3 is 3. The van der Waals surface area contributed by atoms with E-state index >= 15 is 0 Å². The van der Waals surface area contributed by atoms with Crippen molar-refractivity contribution in [2.75, 3.05) is 28.4 Å². The minimum atomic E-state index is -0.911. The molecule has 0 saturated heterocycles. The Hall–Kier alpha value is -3.85. The summed E-state index contributed by atoms with van der Waals surface area (Å²) in [6, 6.07) is 15.8. The normalized spacial score (nSPS) is 11.9. The van der Waals surface area contributed by atoms with Crippen LogP contribution in [0.25, 0.3) is 11.1 Å². The highest BCUT2D eigenvalue weighted by Crippen LogP contribution is 2.38. The molecule has 0 aliphatic carbocycles. The lowest BCUT2D eigenvalue weighted by Crippen LogP contribution is -2.46. The van der Waals surface area contributed by atoms with Crippen LogP contribution < -0.4 is 14.8 Å². The molecule has 0 bridgehead atoms. The molecule has 0 unspecified atom stereocenters. The van der Waals surface area contributed by atoms with Gasteiger partial charge in [0.25, 0.3) is 5.91 Å². The van der Waals surface area contributed by atoms with Gasteiger partial charge in [-0.3, -0.25) is 4.79 Å². The Bertz CT molecular complexity index is 1120. The van der Waals surface area contributed by atoms with Crippen LogP contribution in [0.15, 0.2) is 65.1 Å². The Morgan fingerprint density at radius 2 is 1.62 bits per heavy atom. The molecule has 2 aromatic carbocycles. The number of hydrogen-bond donors (Lipinski definition) is 1. The number of hydrogen-bond acceptors (Lipinski definition) is 8. The summed E-state index contributed by atoms with van der Waals surface area (Å²) in [5.41, 5.74) is 2.64. The Balaban J connectivity index is 1.82. The van der Waals surface area contributed by atoms with Gasteiger partial charge in [-0.25, -0.2) is 4.79 Å². The summed E-state index contributed by atoms with van der Waals surface area (Å²) in [4.78, 5) is 30.8. The zero-order chi connectivity index (χ0) is 24.5. The van der Waals surface area contributed by atoms with E-state index in [0.717, 1.165) is 16.7 Å². The summed E-state index contributed by atoms with van der Waals surface area (Å²) in [6.45, 7) is 0. The van der Waals surface area contributed by atoms with Crippen LogP contribution in [-0.2, 0) is 25.6 Å². The van der Waals surface area contributed by atoms with Gasteiger partial charge in [0.1, 0.15) is 24.7 Å². The quantitative estimate of drug-likeness (QED) is 0.269. The Morgan fingerprint density at radius 1 is 0.941 bits per heavy atom. The predicted molar refractivity (Wildman–Crippen MR) is 130 cm³/mol. The number of rotatable bonds is 10. The number of nitrogens with one attached hydrogen (secondary N) is 1. The van der Waals surface area contributed by atoms with Crippen molar-refractivity contribution in [3.63, 3.8) is 0 Å². The van der Waals surface area contributed by atoms with Crippen molar-refractivity contribution in [1.29, 1.82) is 0 Å². The maximum atomic E-state index is 12.9. The molecule has 3 rings (SSSR count). The molecule has 0 radical (unpaired) electrons. The summed E-state index contributed by atoms with van der Waals surface area (Å²) >= 11 is 1.34. The fourth-order valence-corrected chi connectivity index (χ4v) is 4.15. The van der Waals surface area contributed by atoms with Crippen LogP contribution in [-0.4, -0.2) is 52.1 Å². The molecule has 1 heterocycles. The molecule has 1 atom stereocenters. The van der Waals surface area contributed by atoms with Crippen molar-refractivity contribution >= 4 is 28.9 Å². The molecule has 178 valence electrons. The molecule has 1 amide bonds. The summed E-state index contributed by atoms with van der Waals surface area (Å²) in [5, 5.41) is 8.37. The average Bonchev–Trinajstić information content (AvgIpc) is 3.40. The smallest absolute Gasteiger partial charge is 0.328 e. The first-order valence-electron chi connectivity index (χ1n) is 10.4. The van der Waals surface area contributed by atoms with E-state index in [4.69, 9.17) is 19.0 Å². The molecule has 0 aliphatic rings. The second-order valence-electron chi connectivity index (χ2n) is 7.09. The lowest BCUT2D eigenvalue weighted by molar-refractivity contribution is -0.144. The van der Waals surface area contributed by atoms with Crippen LogP contribution in [0.2, 0.25) is 0 Å². The first-order chi connectivity index (χ1) is 16.5. The van der Waals surface area contributed by atoms with Gasteiger partial charge >= 0.3 is 5.97 Å². The molecular formula is C25H26N2O6S. The van der Waals surface area contributed by atoms with Crippen LogP contribution in [0.5, 0.6) is 11.5 Å². The van der Waals surface area contributed by atoms with Gasteiger partial charge in [-0.1, -0.05) is 41.6 Å². The highest BCUT2D eigenvalue weighted by Gasteiger charge is 2.26. The number of nitrogens with zero attached hydrogens (tertiary/aromatic N) is 1. The fraction of sp³-hybridized carbons (Fsp3) is 0.240. The largest absolute Gasteiger partial charge is 0.496 e. The average molecular weight is 483 g/mol. The van der Waals surface area contributed by atoms with Crippen LogP contribution in [0.3, 0.4) is 0 Å². The van der Waals surface area contributed by atoms with Gasteiger partial charge in [0.15, 0.2) is 5.71 Å². The van der Waals surface area contributed by atoms with Gasteiger partial charge in [0.05, 0.1) is 31.8 Å². The number of oxime groups is 1. The van der Waals surface area contributed by atoms with Gasteiger partial charge in [0, 0.05) is 6.42 Å². The van der Waals surface area contributed by atoms with Crippen molar-refractivity contribution in [2.45, 2.75) is 12.5 Å². The Kier molecular flexibility index (Phi) is 8.64. The van der Waals surface area contributed by atoms with Crippen LogP contribution in [0, 0.1) is 0 Å². The third kappa shape index (κ3) is 5.74. The third-order valence-electron chi connectivity index (χ3n) is 5.05. The first kappa shape index (κ1) is 24.8. The van der Waals surface area contributed by atoms with Gasteiger partial charge in [-0.2, -0.15) is 0 Å². The molecule has 9 heteroatoms. The maximum Gasteiger partial charge on any atom is 0.328 e. The topological polar surface area (TPSA) is 95.5 Å². The molecule has 1 N–H and O–H groups in total.